The van der Waals surface area contributed by atoms with Crippen molar-refractivity contribution in [3.8, 4) is 11.5 Å². The first kappa shape index (κ1) is 15.3. The molecule has 2 rings (SSSR count). The van der Waals surface area contributed by atoms with Gasteiger partial charge < -0.3 is 19.4 Å². The molecule has 0 unspecified atom stereocenters. The number of nitrogens with zero attached hydrogens (tertiary/aromatic N) is 3. The minimum Gasteiger partial charge on any atom is -0.493 e. The predicted molar refractivity (Wildman–Crippen MR) is 80.7 cm³/mol. The van der Waals surface area contributed by atoms with E-state index in [9.17, 15) is 0 Å². The third-order valence-electron chi connectivity index (χ3n) is 3.20. The molecule has 21 heavy (non-hydrogen) atoms. The molecular weight excluding hydrogens is 268 g/mol. The van der Waals surface area contributed by atoms with Gasteiger partial charge in [-0.3, -0.25) is 4.98 Å². The first-order chi connectivity index (χ1) is 10.3. The summed E-state index contributed by atoms with van der Waals surface area (Å²) in [5, 5.41) is 3.36. The average Bonchev–Trinajstić information content (AvgIpc) is 2.94. The minimum absolute atomic E-state index is 0.601. The molecule has 114 valence electrons. The van der Waals surface area contributed by atoms with Crippen molar-refractivity contribution in [3.05, 3.63) is 36.2 Å². The van der Waals surface area contributed by atoms with E-state index in [0.717, 1.165) is 31.0 Å². The molecule has 0 saturated heterocycles. The fourth-order valence-corrected chi connectivity index (χ4v) is 2.15. The van der Waals surface area contributed by atoms with Gasteiger partial charge in [0.2, 0.25) is 0 Å². The van der Waals surface area contributed by atoms with Crippen LogP contribution < -0.4 is 14.8 Å². The summed E-state index contributed by atoms with van der Waals surface area (Å²) in [5.41, 5.74) is 0.826. The maximum Gasteiger partial charge on any atom is 0.184 e. The van der Waals surface area contributed by atoms with E-state index in [0.29, 0.717) is 18.0 Å². The third kappa shape index (κ3) is 3.72. The number of imidazole rings is 1. The lowest BCUT2D eigenvalue weighted by atomic mass is 10.3. The molecule has 0 aliphatic rings. The fraction of sp³-hybridized carbons (Fsp3) is 0.467. The van der Waals surface area contributed by atoms with E-state index >= 15 is 0 Å². The molecule has 6 heteroatoms. The molecule has 0 spiro atoms. The van der Waals surface area contributed by atoms with E-state index in [1.54, 1.807) is 32.7 Å². The molecule has 2 aromatic heterocycles. The number of pyridine rings is 1. The molecule has 0 aromatic carbocycles. The number of ether oxygens (including phenoxy) is 2. The molecule has 0 atom stereocenters. The van der Waals surface area contributed by atoms with Crippen molar-refractivity contribution in [3.63, 3.8) is 0 Å². The van der Waals surface area contributed by atoms with Gasteiger partial charge in [0, 0.05) is 24.7 Å². The highest BCUT2D eigenvalue weighted by Gasteiger charge is 2.13. The van der Waals surface area contributed by atoms with Crippen molar-refractivity contribution in [2.45, 2.75) is 26.4 Å². The van der Waals surface area contributed by atoms with Crippen molar-refractivity contribution >= 4 is 0 Å². The Bertz CT molecular complexity index is 569. The zero-order valence-corrected chi connectivity index (χ0v) is 12.8. The summed E-state index contributed by atoms with van der Waals surface area (Å²) >= 11 is 0. The van der Waals surface area contributed by atoms with Gasteiger partial charge in [-0.2, -0.15) is 0 Å². The van der Waals surface area contributed by atoms with Gasteiger partial charge in [0.1, 0.15) is 11.5 Å². The largest absolute Gasteiger partial charge is 0.493 e. The van der Waals surface area contributed by atoms with Crippen molar-refractivity contribution in [1.82, 2.24) is 19.9 Å². The molecule has 1 N–H and O–H groups in total. The van der Waals surface area contributed by atoms with E-state index in [4.69, 9.17) is 9.47 Å². The summed E-state index contributed by atoms with van der Waals surface area (Å²) in [7, 11) is 3.25. The third-order valence-corrected chi connectivity index (χ3v) is 3.20. The van der Waals surface area contributed by atoms with Crippen LogP contribution in [-0.2, 0) is 13.1 Å². The second-order valence-corrected chi connectivity index (χ2v) is 4.64. The summed E-state index contributed by atoms with van der Waals surface area (Å²) in [6.07, 6.45) is 6.58. The van der Waals surface area contributed by atoms with E-state index < -0.39 is 0 Å². The van der Waals surface area contributed by atoms with Crippen LogP contribution in [-0.4, -0.2) is 35.3 Å². The second kappa shape index (κ2) is 7.64. The molecule has 0 bridgehead atoms. The molecule has 2 aromatic rings. The van der Waals surface area contributed by atoms with Crippen molar-refractivity contribution in [1.29, 1.82) is 0 Å². The van der Waals surface area contributed by atoms with Crippen molar-refractivity contribution < 1.29 is 9.47 Å². The molecule has 0 amide bonds. The number of hydrogen-bond acceptors (Lipinski definition) is 5. The molecular formula is C15H22N4O2. The molecule has 0 aliphatic carbocycles. The normalized spacial score (nSPS) is 10.6. The van der Waals surface area contributed by atoms with Crippen LogP contribution in [0.1, 0.15) is 24.9 Å². The first-order valence-corrected chi connectivity index (χ1v) is 7.06. The van der Waals surface area contributed by atoms with Crippen molar-refractivity contribution in [2.75, 3.05) is 20.8 Å². The highest BCUT2D eigenvalue weighted by atomic mass is 16.5. The quantitative estimate of drug-likeness (QED) is 0.752. The van der Waals surface area contributed by atoms with Crippen LogP contribution in [0.2, 0.25) is 0 Å². The Hall–Kier alpha value is -2.08. The second-order valence-electron chi connectivity index (χ2n) is 4.64. The van der Waals surface area contributed by atoms with Crippen LogP contribution in [0.15, 0.2) is 24.7 Å². The lowest BCUT2D eigenvalue weighted by molar-refractivity contribution is 0.348. The summed E-state index contributed by atoms with van der Waals surface area (Å²) in [4.78, 5) is 8.78. The van der Waals surface area contributed by atoms with Gasteiger partial charge in [-0.25, -0.2) is 4.98 Å². The van der Waals surface area contributed by atoms with Crippen LogP contribution in [0.4, 0.5) is 0 Å². The zero-order valence-electron chi connectivity index (χ0n) is 12.8. The van der Waals surface area contributed by atoms with Gasteiger partial charge in [-0.05, 0) is 13.0 Å². The monoisotopic (exact) mass is 290 g/mol. The molecule has 0 radical (unpaired) electrons. The molecule has 0 fully saturated rings. The Morgan fingerprint density at radius 2 is 2.05 bits per heavy atom. The lowest BCUT2D eigenvalue weighted by Gasteiger charge is -2.13. The molecule has 0 saturated carbocycles. The summed E-state index contributed by atoms with van der Waals surface area (Å²) in [6, 6.07) is 1.79. The Labute approximate surface area is 125 Å². The summed E-state index contributed by atoms with van der Waals surface area (Å²) in [6.45, 7) is 4.47. The number of hydrogen-bond donors (Lipinski definition) is 1. The maximum absolute atomic E-state index is 5.42. The highest BCUT2D eigenvalue weighted by Crippen LogP contribution is 2.29. The van der Waals surface area contributed by atoms with Crippen molar-refractivity contribution in [2.24, 2.45) is 0 Å². The lowest BCUT2D eigenvalue weighted by Crippen LogP contribution is -2.18. The van der Waals surface area contributed by atoms with Crippen LogP contribution in [0.25, 0.3) is 0 Å². The van der Waals surface area contributed by atoms with Crippen LogP contribution in [0.3, 0.4) is 0 Å². The van der Waals surface area contributed by atoms with Crippen LogP contribution in [0.5, 0.6) is 11.5 Å². The smallest absolute Gasteiger partial charge is 0.184 e. The first-order valence-electron chi connectivity index (χ1n) is 7.06. The number of nitrogens with one attached hydrogen (secondary N) is 1. The summed E-state index contributed by atoms with van der Waals surface area (Å²) < 4.78 is 12.8. The number of rotatable bonds is 8. The summed E-state index contributed by atoms with van der Waals surface area (Å²) in [5.74, 6) is 2.34. The molecule has 0 aliphatic heterocycles. The maximum atomic E-state index is 5.42. The Morgan fingerprint density at radius 1 is 1.19 bits per heavy atom. The highest BCUT2D eigenvalue weighted by molar-refractivity contribution is 5.42. The van der Waals surface area contributed by atoms with E-state index in [-0.39, 0.29) is 0 Å². The minimum atomic E-state index is 0.601. The number of methoxy groups -OCH3 is 2. The molecule has 2 heterocycles. The molecule has 6 nitrogen and oxygen atoms in total. The van der Waals surface area contributed by atoms with E-state index in [1.807, 2.05) is 6.20 Å². The van der Waals surface area contributed by atoms with E-state index in [2.05, 4.69) is 26.8 Å². The topological polar surface area (TPSA) is 61.2 Å². The van der Waals surface area contributed by atoms with Crippen LogP contribution >= 0.6 is 0 Å². The fourth-order valence-electron chi connectivity index (χ4n) is 2.15. The Balaban J connectivity index is 2.17. The zero-order chi connectivity index (χ0) is 15.1. The predicted octanol–water partition coefficient (Wildman–Crippen LogP) is 1.84. The SMILES string of the molecule is CCCNCc1nccn1Cc1nccc(OC)c1OC. The van der Waals surface area contributed by atoms with E-state index in [1.165, 1.54) is 0 Å². The van der Waals surface area contributed by atoms with Gasteiger partial charge in [-0.1, -0.05) is 6.92 Å². The Kier molecular flexibility index (Phi) is 5.57. The van der Waals surface area contributed by atoms with Crippen LogP contribution in [0, 0.1) is 0 Å². The van der Waals surface area contributed by atoms with Gasteiger partial charge in [-0.15, -0.1) is 0 Å². The van der Waals surface area contributed by atoms with Gasteiger partial charge in [0.05, 0.1) is 27.3 Å². The van der Waals surface area contributed by atoms with Gasteiger partial charge >= 0.3 is 0 Å². The number of aromatic nitrogens is 3. The van der Waals surface area contributed by atoms with Gasteiger partial charge in [0.15, 0.2) is 11.5 Å². The Morgan fingerprint density at radius 3 is 2.76 bits per heavy atom. The standard InChI is InChI=1S/C15H22N4O2/c1-4-6-16-10-14-18-8-9-19(14)11-12-15(21-3)13(20-2)5-7-17-12/h5,7-9,16H,4,6,10-11H2,1-3H3. The van der Waals surface area contributed by atoms with Gasteiger partial charge in [0.25, 0.3) is 0 Å². The average molecular weight is 290 g/mol.